The van der Waals surface area contributed by atoms with Crippen LogP contribution in [0.25, 0.3) is 0 Å². The lowest BCUT2D eigenvalue weighted by Crippen LogP contribution is -2.28. The minimum Gasteiger partial charge on any atom is -0.398 e. The molecule has 0 aliphatic rings. The number of nitrogen functional groups attached to an aromatic ring is 1. The molecular formula is C9H13ClN2O3S2. The second-order valence-corrected chi connectivity index (χ2v) is 7.00. The molecule has 1 atom stereocenters. The van der Waals surface area contributed by atoms with Gasteiger partial charge in [0.25, 0.3) is 0 Å². The molecule has 0 aliphatic heterocycles. The zero-order valence-electron chi connectivity index (χ0n) is 9.14. The van der Waals surface area contributed by atoms with Crippen LogP contribution in [0.15, 0.2) is 23.1 Å². The zero-order chi connectivity index (χ0) is 13.1. The lowest BCUT2D eigenvalue weighted by atomic mass is 10.3. The first kappa shape index (κ1) is 14.4. The van der Waals surface area contributed by atoms with Gasteiger partial charge in [-0.05, 0) is 12.1 Å². The molecule has 1 aromatic rings. The highest BCUT2D eigenvalue weighted by atomic mass is 35.5. The molecule has 0 radical (unpaired) electrons. The van der Waals surface area contributed by atoms with Crippen molar-refractivity contribution in [3.05, 3.63) is 23.2 Å². The van der Waals surface area contributed by atoms with Crippen LogP contribution in [-0.4, -0.2) is 31.2 Å². The maximum Gasteiger partial charge on any atom is 0.244 e. The van der Waals surface area contributed by atoms with Crippen molar-refractivity contribution in [2.45, 2.75) is 4.90 Å². The average molecular weight is 297 g/mol. The summed E-state index contributed by atoms with van der Waals surface area (Å²) >= 11 is 5.80. The van der Waals surface area contributed by atoms with Gasteiger partial charge in [0, 0.05) is 29.4 Å². The first-order valence-corrected chi connectivity index (χ1v) is 8.27. The van der Waals surface area contributed by atoms with Gasteiger partial charge in [-0.25, -0.2) is 13.1 Å². The largest absolute Gasteiger partial charge is 0.398 e. The van der Waals surface area contributed by atoms with Crippen LogP contribution in [0.5, 0.6) is 0 Å². The maximum absolute atomic E-state index is 11.9. The normalized spacial score (nSPS) is 13.5. The second kappa shape index (κ2) is 5.81. The number of hydrogen-bond donors (Lipinski definition) is 2. The summed E-state index contributed by atoms with van der Waals surface area (Å²) < 4.78 is 36.9. The highest BCUT2D eigenvalue weighted by molar-refractivity contribution is 7.90. The molecule has 0 bridgehead atoms. The summed E-state index contributed by atoms with van der Waals surface area (Å²) in [5, 5.41) is 0.0649. The fourth-order valence-corrected chi connectivity index (χ4v) is 3.42. The average Bonchev–Trinajstić information content (AvgIpc) is 2.15. The Kier molecular flexibility index (Phi) is 4.93. The maximum atomic E-state index is 11.9. The van der Waals surface area contributed by atoms with Crippen LogP contribution in [0.4, 0.5) is 5.69 Å². The van der Waals surface area contributed by atoms with Crippen LogP contribution in [0.1, 0.15) is 0 Å². The number of benzene rings is 1. The van der Waals surface area contributed by atoms with Crippen molar-refractivity contribution in [1.29, 1.82) is 0 Å². The van der Waals surface area contributed by atoms with E-state index >= 15 is 0 Å². The van der Waals surface area contributed by atoms with Crippen molar-refractivity contribution in [2.75, 3.05) is 24.3 Å². The smallest absolute Gasteiger partial charge is 0.244 e. The van der Waals surface area contributed by atoms with E-state index < -0.39 is 20.8 Å². The Balaban J connectivity index is 2.94. The monoisotopic (exact) mass is 296 g/mol. The molecule has 0 saturated carbocycles. The fraction of sp³-hybridized carbons (Fsp3) is 0.333. The van der Waals surface area contributed by atoms with Crippen LogP contribution in [-0.2, 0) is 20.8 Å². The predicted molar refractivity (Wildman–Crippen MR) is 70.0 cm³/mol. The van der Waals surface area contributed by atoms with Crippen molar-refractivity contribution in [3.8, 4) is 0 Å². The van der Waals surface area contributed by atoms with E-state index in [0.29, 0.717) is 0 Å². The molecule has 1 unspecified atom stereocenters. The topological polar surface area (TPSA) is 89.3 Å². The Hall–Kier alpha value is -0.630. The van der Waals surface area contributed by atoms with Crippen molar-refractivity contribution in [2.24, 2.45) is 0 Å². The van der Waals surface area contributed by atoms with Crippen LogP contribution >= 0.6 is 11.6 Å². The van der Waals surface area contributed by atoms with Gasteiger partial charge in [0.15, 0.2) is 0 Å². The molecule has 0 aliphatic carbocycles. The van der Waals surface area contributed by atoms with E-state index in [1.54, 1.807) is 6.07 Å². The third kappa shape index (κ3) is 3.95. The Bertz CT molecular complexity index is 511. The molecule has 0 heterocycles. The molecular weight excluding hydrogens is 284 g/mol. The Labute approximate surface area is 108 Å². The van der Waals surface area contributed by atoms with E-state index in [1.165, 1.54) is 18.4 Å². The zero-order valence-corrected chi connectivity index (χ0v) is 11.5. The summed E-state index contributed by atoms with van der Waals surface area (Å²) in [4.78, 5) is -0.136. The van der Waals surface area contributed by atoms with Gasteiger partial charge in [0.2, 0.25) is 10.0 Å². The molecule has 0 spiro atoms. The van der Waals surface area contributed by atoms with Gasteiger partial charge in [-0.15, -0.1) is 0 Å². The van der Waals surface area contributed by atoms with E-state index in [0.717, 1.165) is 0 Å². The molecule has 0 aromatic heterocycles. The van der Waals surface area contributed by atoms with Crippen LogP contribution < -0.4 is 10.5 Å². The van der Waals surface area contributed by atoms with Crippen molar-refractivity contribution in [3.63, 3.8) is 0 Å². The standard InChI is InChI=1S/C9H13ClN2O3S2/c1-16(13)6-5-12-17(14,15)9-7(10)3-2-4-8(9)11/h2-4,12H,5-6,11H2,1H3. The highest BCUT2D eigenvalue weighted by Crippen LogP contribution is 2.26. The molecule has 0 saturated heterocycles. The summed E-state index contributed by atoms with van der Waals surface area (Å²) in [6.07, 6.45) is 1.50. The Morgan fingerprint density at radius 1 is 1.47 bits per heavy atom. The number of nitrogens with one attached hydrogen (secondary N) is 1. The van der Waals surface area contributed by atoms with Gasteiger partial charge < -0.3 is 5.73 Å². The minimum absolute atomic E-state index is 0.0649. The van der Waals surface area contributed by atoms with Gasteiger partial charge >= 0.3 is 0 Å². The quantitative estimate of drug-likeness (QED) is 0.778. The lowest BCUT2D eigenvalue weighted by Gasteiger charge is -2.09. The third-order valence-electron chi connectivity index (χ3n) is 1.95. The number of hydrogen-bond acceptors (Lipinski definition) is 4. The number of halogens is 1. The van der Waals surface area contributed by atoms with Gasteiger partial charge in [-0.2, -0.15) is 0 Å². The molecule has 1 rings (SSSR count). The molecule has 3 N–H and O–H groups in total. The third-order valence-corrected chi connectivity index (χ3v) is 4.73. The summed E-state index contributed by atoms with van der Waals surface area (Å²) in [6, 6.07) is 4.47. The Morgan fingerprint density at radius 2 is 2.12 bits per heavy atom. The van der Waals surface area contributed by atoms with Crippen LogP contribution in [0.2, 0.25) is 5.02 Å². The van der Waals surface area contributed by atoms with Gasteiger partial charge in [-0.3, -0.25) is 4.21 Å². The molecule has 8 heteroatoms. The molecule has 5 nitrogen and oxygen atoms in total. The number of nitrogens with two attached hydrogens (primary N) is 1. The lowest BCUT2D eigenvalue weighted by molar-refractivity contribution is 0.584. The summed E-state index contributed by atoms with van der Waals surface area (Å²) in [5.41, 5.74) is 5.66. The fourth-order valence-electron chi connectivity index (χ4n) is 1.20. The molecule has 0 fully saturated rings. The molecule has 96 valence electrons. The highest BCUT2D eigenvalue weighted by Gasteiger charge is 2.20. The number of sulfonamides is 1. The van der Waals surface area contributed by atoms with Crippen molar-refractivity contribution in [1.82, 2.24) is 4.72 Å². The Morgan fingerprint density at radius 3 is 2.65 bits per heavy atom. The van der Waals surface area contributed by atoms with E-state index in [-0.39, 0.29) is 27.9 Å². The van der Waals surface area contributed by atoms with Crippen LogP contribution in [0, 0.1) is 0 Å². The van der Waals surface area contributed by atoms with Crippen molar-refractivity contribution < 1.29 is 12.6 Å². The van der Waals surface area contributed by atoms with Gasteiger partial charge in [-0.1, -0.05) is 17.7 Å². The van der Waals surface area contributed by atoms with Crippen molar-refractivity contribution >= 4 is 38.1 Å². The van der Waals surface area contributed by atoms with Gasteiger partial charge in [0.05, 0.1) is 10.7 Å². The SMILES string of the molecule is CS(=O)CCNS(=O)(=O)c1c(N)cccc1Cl. The predicted octanol–water partition coefficient (Wildman–Crippen LogP) is 0.579. The van der Waals surface area contributed by atoms with E-state index in [2.05, 4.69) is 4.72 Å². The van der Waals surface area contributed by atoms with E-state index in [1.807, 2.05) is 0 Å². The molecule has 1 aromatic carbocycles. The number of anilines is 1. The summed E-state index contributed by atoms with van der Waals surface area (Å²) in [6.45, 7) is 0.0795. The first-order chi connectivity index (χ1) is 7.84. The number of rotatable bonds is 5. The summed E-state index contributed by atoms with van der Waals surface area (Å²) in [5.74, 6) is 0.240. The van der Waals surface area contributed by atoms with E-state index in [9.17, 15) is 12.6 Å². The first-order valence-electron chi connectivity index (χ1n) is 4.68. The van der Waals surface area contributed by atoms with Crippen LogP contribution in [0.3, 0.4) is 0 Å². The van der Waals surface area contributed by atoms with Gasteiger partial charge in [0.1, 0.15) is 4.90 Å². The van der Waals surface area contributed by atoms with E-state index in [4.69, 9.17) is 17.3 Å². The minimum atomic E-state index is -3.76. The second-order valence-electron chi connectivity index (χ2n) is 3.33. The molecule has 0 amide bonds. The summed E-state index contributed by atoms with van der Waals surface area (Å²) in [7, 11) is -4.82. The molecule has 17 heavy (non-hydrogen) atoms.